The van der Waals surface area contributed by atoms with Crippen LogP contribution in [0.25, 0.3) is 0 Å². The lowest BCUT2D eigenvalue weighted by atomic mass is 9.96. The number of benzene rings is 3. The van der Waals surface area contributed by atoms with Gasteiger partial charge in [0, 0.05) is 54.1 Å². The van der Waals surface area contributed by atoms with Gasteiger partial charge in [0.2, 0.25) is 0 Å². The summed E-state index contributed by atoms with van der Waals surface area (Å²) in [5, 5.41) is 3.65. The molecule has 0 amide bonds. The Morgan fingerprint density at radius 1 is 0.977 bits per heavy atom. The third-order valence-corrected chi connectivity index (χ3v) is 7.65. The molecule has 1 unspecified atom stereocenters. The minimum atomic E-state index is -0.944. The van der Waals surface area contributed by atoms with E-state index in [0.29, 0.717) is 23.4 Å². The molecule has 0 bridgehead atoms. The molecule has 1 saturated heterocycles. The number of anilines is 1. The summed E-state index contributed by atoms with van der Waals surface area (Å²) >= 11 is 0. The van der Waals surface area contributed by atoms with Gasteiger partial charge in [-0.25, -0.2) is 18.2 Å². The zero-order valence-electron chi connectivity index (χ0n) is 25.6. The molecule has 4 rings (SSSR count). The molecule has 43 heavy (non-hydrogen) atoms. The van der Waals surface area contributed by atoms with Crippen molar-refractivity contribution in [1.82, 2.24) is 4.90 Å². The number of aryl methyl sites for hydroxylation is 2. The van der Waals surface area contributed by atoms with Crippen LogP contribution in [0.3, 0.4) is 0 Å². The van der Waals surface area contributed by atoms with Crippen molar-refractivity contribution in [3.63, 3.8) is 0 Å². The highest BCUT2D eigenvalue weighted by Crippen LogP contribution is 2.27. The van der Waals surface area contributed by atoms with Crippen LogP contribution >= 0.6 is 0 Å². The van der Waals surface area contributed by atoms with E-state index >= 15 is 0 Å². The number of amidine groups is 1. The van der Waals surface area contributed by atoms with Crippen LogP contribution in [-0.2, 0) is 0 Å². The second kappa shape index (κ2) is 14.4. The smallest absolute Gasteiger partial charge is 0.131 e. The first-order valence-electron chi connectivity index (χ1n) is 14.8. The third-order valence-electron chi connectivity index (χ3n) is 7.65. The van der Waals surface area contributed by atoms with Crippen LogP contribution in [0.4, 0.5) is 24.5 Å². The van der Waals surface area contributed by atoms with Crippen molar-refractivity contribution in [3.8, 4) is 0 Å². The van der Waals surface area contributed by atoms with E-state index < -0.39 is 17.8 Å². The third kappa shape index (κ3) is 8.46. The highest BCUT2D eigenvalue weighted by Gasteiger charge is 2.25. The van der Waals surface area contributed by atoms with Gasteiger partial charge in [-0.2, -0.15) is 0 Å². The molecule has 0 saturated carbocycles. The molecule has 1 fully saturated rings. The topological polar surface area (TPSA) is 40.0 Å². The zero-order chi connectivity index (χ0) is 31.1. The fourth-order valence-corrected chi connectivity index (χ4v) is 5.33. The second-order valence-corrected chi connectivity index (χ2v) is 11.3. The van der Waals surface area contributed by atoms with Crippen molar-refractivity contribution >= 4 is 22.9 Å². The van der Waals surface area contributed by atoms with Crippen molar-refractivity contribution < 1.29 is 13.2 Å². The zero-order valence-corrected chi connectivity index (χ0v) is 25.6. The number of alkyl halides is 1. The van der Waals surface area contributed by atoms with Gasteiger partial charge in [-0.15, -0.1) is 0 Å². The normalized spacial score (nSPS) is 15.4. The maximum Gasteiger partial charge on any atom is 0.131 e. The van der Waals surface area contributed by atoms with Gasteiger partial charge in [0.15, 0.2) is 0 Å². The molecule has 3 aromatic rings. The van der Waals surface area contributed by atoms with E-state index in [9.17, 15) is 13.2 Å². The number of likely N-dealkylation sites (tertiary alicyclic amines) is 1. The fraction of sp³-hybridized carbons (Fsp3) is 0.333. The lowest BCUT2D eigenvalue weighted by molar-refractivity contribution is 0.310. The molecule has 0 spiro atoms. The van der Waals surface area contributed by atoms with Crippen molar-refractivity contribution in [2.75, 3.05) is 18.4 Å². The van der Waals surface area contributed by atoms with Gasteiger partial charge in [0.1, 0.15) is 23.6 Å². The van der Waals surface area contributed by atoms with Crippen molar-refractivity contribution in [3.05, 3.63) is 119 Å². The number of aliphatic imine (C=N–C) groups is 2. The Morgan fingerprint density at radius 2 is 1.65 bits per heavy atom. The molecule has 1 atom stereocenters. The molecule has 7 heteroatoms. The van der Waals surface area contributed by atoms with Gasteiger partial charge >= 0.3 is 0 Å². The first-order valence-corrected chi connectivity index (χ1v) is 14.8. The summed E-state index contributed by atoms with van der Waals surface area (Å²) in [4.78, 5) is 11.7. The summed E-state index contributed by atoms with van der Waals surface area (Å²) in [6.07, 6.45) is 1.52. The summed E-state index contributed by atoms with van der Waals surface area (Å²) in [7, 11) is 0. The highest BCUT2D eigenvalue weighted by atomic mass is 19.1. The Hall–Kier alpha value is -4.13. The van der Waals surface area contributed by atoms with Gasteiger partial charge < -0.3 is 10.2 Å². The minimum absolute atomic E-state index is 0.236. The monoisotopic (exact) mass is 586 g/mol. The largest absolute Gasteiger partial charge is 0.382 e. The standard InChI is InChI=1S/C36H41F3N4/c1-7-28(37)18-26(6)36(42-34-11-9-8-10-24(34)4)43-16-14-31(15-17-43)41-32-12-13-33(25(5)19-32)35(40-23(2)3)27-20-29(38)22-30(39)21-27/h8-13,19-22,28,31,41H,2,6-7,14-18H2,1,3-5H3. The van der Waals surface area contributed by atoms with Crippen LogP contribution in [-0.4, -0.2) is 41.8 Å². The number of nitrogens with zero attached hydrogens (tertiary/aromatic N) is 3. The molecule has 226 valence electrons. The Labute approximate surface area is 253 Å². The molecule has 3 aromatic carbocycles. The molecule has 0 aliphatic carbocycles. The number of nitrogens with one attached hydrogen (secondary N) is 1. The molecule has 1 aliphatic heterocycles. The molecule has 4 nitrogen and oxygen atoms in total. The van der Waals surface area contributed by atoms with Crippen molar-refractivity contribution in [2.24, 2.45) is 9.98 Å². The molecular formula is C36H41F3N4. The van der Waals surface area contributed by atoms with Gasteiger partial charge in [0.05, 0.1) is 11.4 Å². The molecule has 0 radical (unpaired) electrons. The van der Waals surface area contributed by atoms with Crippen LogP contribution in [0.5, 0.6) is 0 Å². The predicted octanol–water partition coefficient (Wildman–Crippen LogP) is 9.25. The molecule has 1 heterocycles. The van der Waals surface area contributed by atoms with Gasteiger partial charge in [0.25, 0.3) is 0 Å². The number of halogens is 3. The predicted molar refractivity (Wildman–Crippen MR) is 173 cm³/mol. The Bertz CT molecular complexity index is 1510. The van der Waals surface area contributed by atoms with E-state index in [1.807, 2.05) is 63.2 Å². The van der Waals surface area contributed by atoms with E-state index in [0.717, 1.165) is 71.5 Å². The van der Waals surface area contributed by atoms with E-state index in [-0.39, 0.29) is 12.5 Å². The lowest BCUT2D eigenvalue weighted by Gasteiger charge is -2.36. The highest BCUT2D eigenvalue weighted by molar-refractivity contribution is 6.14. The van der Waals surface area contributed by atoms with E-state index in [1.165, 1.54) is 12.1 Å². The summed E-state index contributed by atoms with van der Waals surface area (Å²) in [5.41, 5.74) is 6.70. The van der Waals surface area contributed by atoms with Crippen LogP contribution in [0.1, 0.15) is 61.8 Å². The maximum atomic E-state index is 14.3. The second-order valence-electron chi connectivity index (χ2n) is 11.3. The van der Waals surface area contributed by atoms with E-state index in [4.69, 9.17) is 4.99 Å². The van der Waals surface area contributed by atoms with Crippen molar-refractivity contribution in [1.29, 1.82) is 0 Å². The first kappa shape index (κ1) is 31.8. The van der Waals surface area contributed by atoms with Crippen molar-refractivity contribution in [2.45, 2.75) is 65.6 Å². The van der Waals surface area contributed by atoms with Gasteiger partial charge in [-0.05, 0) is 87.1 Å². The summed E-state index contributed by atoms with van der Waals surface area (Å²) in [6.45, 7) is 17.2. The fourth-order valence-electron chi connectivity index (χ4n) is 5.33. The molecule has 0 aromatic heterocycles. The van der Waals surface area contributed by atoms with Crippen LogP contribution < -0.4 is 5.32 Å². The van der Waals surface area contributed by atoms with Gasteiger partial charge in [-0.1, -0.05) is 44.3 Å². The Morgan fingerprint density at radius 3 is 2.26 bits per heavy atom. The minimum Gasteiger partial charge on any atom is -0.382 e. The number of rotatable bonds is 10. The lowest BCUT2D eigenvalue weighted by Crippen LogP contribution is -2.43. The average molecular weight is 587 g/mol. The summed E-state index contributed by atoms with van der Waals surface area (Å²) in [5.74, 6) is -0.545. The number of allylic oxidation sites excluding steroid dienone is 1. The number of para-hydroxylation sites is 1. The number of hydrogen-bond donors (Lipinski definition) is 1. The summed E-state index contributed by atoms with van der Waals surface area (Å²) in [6, 6.07) is 17.5. The first-order chi connectivity index (χ1) is 20.5. The Balaban J connectivity index is 1.49. The van der Waals surface area contributed by atoms with Crippen LogP contribution in [0.2, 0.25) is 0 Å². The maximum absolute atomic E-state index is 14.3. The molecule has 1 aliphatic rings. The summed E-state index contributed by atoms with van der Waals surface area (Å²) < 4.78 is 42.4. The SMILES string of the molecule is C=C(C)N=C(c1cc(F)cc(F)c1)c1ccc(NC2CCN(C(=Nc3ccccc3C)C(=C)CC(F)CC)CC2)cc1C. The van der Waals surface area contributed by atoms with E-state index in [1.54, 1.807) is 6.92 Å². The molecule has 1 N–H and O–H groups in total. The van der Waals surface area contributed by atoms with Crippen LogP contribution in [0.15, 0.2) is 95.1 Å². The van der Waals surface area contributed by atoms with Gasteiger partial charge in [-0.3, -0.25) is 4.99 Å². The van der Waals surface area contributed by atoms with Crippen LogP contribution in [0, 0.1) is 25.5 Å². The molecular weight excluding hydrogens is 545 g/mol. The number of hydrogen-bond acceptors (Lipinski definition) is 3. The average Bonchev–Trinajstić information content (AvgIpc) is 2.95. The quantitative estimate of drug-likeness (QED) is 0.190. The Kier molecular flexibility index (Phi) is 10.6. The van der Waals surface area contributed by atoms with E-state index in [2.05, 4.69) is 28.4 Å². The number of piperidine rings is 1.